The minimum absolute atomic E-state index is 0.164. The van der Waals surface area contributed by atoms with Crippen LogP contribution in [-0.4, -0.2) is 35.9 Å². The molecule has 1 aromatic heterocycles. The summed E-state index contributed by atoms with van der Waals surface area (Å²) in [5.41, 5.74) is 2.74. The topological polar surface area (TPSA) is 71.8 Å². The van der Waals surface area contributed by atoms with Crippen molar-refractivity contribution in [1.82, 2.24) is 10.2 Å². The third kappa shape index (κ3) is 4.77. The Hall–Kier alpha value is -3.61. The first-order chi connectivity index (χ1) is 16.0. The van der Waals surface area contributed by atoms with Crippen molar-refractivity contribution < 1.29 is 23.1 Å². The van der Waals surface area contributed by atoms with E-state index in [1.165, 1.54) is 18.4 Å². The van der Waals surface area contributed by atoms with Gasteiger partial charge in [-0.2, -0.15) is 0 Å². The smallest absolute Gasteiger partial charge is 0.290 e. The highest BCUT2D eigenvalue weighted by Crippen LogP contribution is 2.38. The molecule has 1 N–H and O–H groups in total. The molecule has 0 aliphatic carbocycles. The lowest BCUT2D eigenvalue weighted by Crippen LogP contribution is -2.40. The average Bonchev–Trinajstić information content (AvgIpc) is 3.37. The zero-order chi connectivity index (χ0) is 23.4. The summed E-state index contributed by atoms with van der Waals surface area (Å²) in [6.45, 7) is 4.77. The Labute approximate surface area is 192 Å². The van der Waals surface area contributed by atoms with E-state index in [1.807, 2.05) is 32.0 Å². The Morgan fingerprint density at radius 2 is 1.97 bits per heavy atom. The van der Waals surface area contributed by atoms with Crippen LogP contribution in [0.5, 0.6) is 5.75 Å². The predicted molar refractivity (Wildman–Crippen MR) is 122 cm³/mol. The average molecular weight is 451 g/mol. The molecule has 0 unspecified atom stereocenters. The molecule has 1 aliphatic heterocycles. The van der Waals surface area contributed by atoms with E-state index in [0.717, 1.165) is 16.7 Å². The molecule has 172 valence electrons. The standard InChI is InChI=1S/C26H27FN2O4/c1-3-22(25(30)28-4-2)33-20-12-9-17-13-14-29(26(31)23-6-5-15-32-23)24(21(17)16-20)18-7-10-19(27)11-8-18/h5-12,15-16,22,24H,3-4,13-14H2,1-2H3,(H,28,30)/t22-,24+/m0/s1. The van der Waals surface area contributed by atoms with Crippen LogP contribution in [0, 0.1) is 5.82 Å². The third-order valence-corrected chi connectivity index (χ3v) is 5.82. The van der Waals surface area contributed by atoms with Crippen LogP contribution in [0.15, 0.2) is 65.3 Å². The maximum Gasteiger partial charge on any atom is 0.290 e. The number of hydrogen-bond donors (Lipinski definition) is 1. The van der Waals surface area contributed by atoms with Crippen LogP contribution in [0.3, 0.4) is 0 Å². The van der Waals surface area contributed by atoms with E-state index in [2.05, 4.69) is 5.32 Å². The molecule has 0 saturated carbocycles. The molecule has 6 nitrogen and oxygen atoms in total. The molecular formula is C26H27FN2O4. The van der Waals surface area contributed by atoms with E-state index < -0.39 is 12.1 Å². The maximum atomic E-state index is 13.7. The van der Waals surface area contributed by atoms with Crippen molar-refractivity contribution in [2.24, 2.45) is 0 Å². The molecule has 1 aliphatic rings. The largest absolute Gasteiger partial charge is 0.481 e. The molecular weight excluding hydrogens is 423 g/mol. The quantitative estimate of drug-likeness (QED) is 0.575. The van der Waals surface area contributed by atoms with E-state index in [1.54, 1.807) is 29.2 Å². The Kier molecular flexibility index (Phi) is 6.77. The van der Waals surface area contributed by atoms with Crippen LogP contribution in [0.25, 0.3) is 0 Å². The van der Waals surface area contributed by atoms with E-state index in [-0.39, 0.29) is 23.4 Å². The van der Waals surface area contributed by atoms with Gasteiger partial charge < -0.3 is 19.4 Å². The number of benzene rings is 2. The van der Waals surface area contributed by atoms with E-state index in [0.29, 0.717) is 31.7 Å². The molecule has 0 bridgehead atoms. The van der Waals surface area contributed by atoms with Crippen LogP contribution >= 0.6 is 0 Å². The van der Waals surface area contributed by atoms with Gasteiger partial charge in [0.1, 0.15) is 11.6 Å². The third-order valence-electron chi connectivity index (χ3n) is 5.82. The second-order valence-electron chi connectivity index (χ2n) is 7.95. The van der Waals surface area contributed by atoms with Crippen LogP contribution in [0.1, 0.15) is 53.6 Å². The van der Waals surface area contributed by atoms with Gasteiger partial charge in [0.05, 0.1) is 12.3 Å². The van der Waals surface area contributed by atoms with Crippen LogP contribution in [0.2, 0.25) is 0 Å². The van der Waals surface area contributed by atoms with E-state index in [4.69, 9.17) is 9.15 Å². The van der Waals surface area contributed by atoms with Gasteiger partial charge in [-0.1, -0.05) is 25.1 Å². The summed E-state index contributed by atoms with van der Waals surface area (Å²) in [7, 11) is 0. The van der Waals surface area contributed by atoms with Gasteiger partial charge in [0.15, 0.2) is 11.9 Å². The first-order valence-electron chi connectivity index (χ1n) is 11.2. The summed E-state index contributed by atoms with van der Waals surface area (Å²) in [6, 6.07) is 14.7. The monoisotopic (exact) mass is 450 g/mol. The molecule has 0 fully saturated rings. The number of nitrogens with one attached hydrogen (secondary N) is 1. The minimum atomic E-state index is -0.614. The summed E-state index contributed by atoms with van der Waals surface area (Å²) in [5, 5.41) is 2.79. The van der Waals surface area contributed by atoms with Crippen molar-refractivity contribution in [2.45, 2.75) is 38.8 Å². The number of likely N-dealkylation sites (N-methyl/N-ethyl adjacent to an activating group) is 1. The fourth-order valence-electron chi connectivity index (χ4n) is 4.21. The number of carbonyl (C=O) groups is 2. The predicted octanol–water partition coefficient (Wildman–Crippen LogP) is 4.50. The van der Waals surface area contributed by atoms with Crippen molar-refractivity contribution in [3.05, 3.63) is 89.1 Å². The molecule has 3 aromatic rings. The zero-order valence-electron chi connectivity index (χ0n) is 18.7. The molecule has 7 heteroatoms. The Bertz CT molecular complexity index is 1110. The fraction of sp³-hybridized carbons (Fsp3) is 0.308. The second kappa shape index (κ2) is 9.90. The highest BCUT2D eigenvalue weighted by atomic mass is 19.1. The Morgan fingerprint density at radius 1 is 1.18 bits per heavy atom. The minimum Gasteiger partial charge on any atom is -0.481 e. The summed E-state index contributed by atoms with van der Waals surface area (Å²) in [6.07, 6.45) is 2.04. The number of amides is 2. The molecule has 2 amide bonds. The summed E-state index contributed by atoms with van der Waals surface area (Å²) in [5.74, 6) is 0.0532. The molecule has 2 aromatic carbocycles. The van der Waals surface area contributed by atoms with Crippen molar-refractivity contribution in [1.29, 1.82) is 0 Å². The van der Waals surface area contributed by atoms with Crippen LogP contribution in [-0.2, 0) is 11.2 Å². The number of hydrogen-bond acceptors (Lipinski definition) is 4. The molecule has 0 saturated heterocycles. The van der Waals surface area contributed by atoms with Gasteiger partial charge in [-0.3, -0.25) is 9.59 Å². The van der Waals surface area contributed by atoms with Crippen LogP contribution < -0.4 is 10.1 Å². The highest BCUT2D eigenvalue weighted by molar-refractivity contribution is 5.92. The molecule has 0 spiro atoms. The lowest BCUT2D eigenvalue weighted by atomic mass is 9.87. The van der Waals surface area contributed by atoms with Crippen molar-refractivity contribution in [3.8, 4) is 5.75 Å². The summed E-state index contributed by atoms with van der Waals surface area (Å²) in [4.78, 5) is 27.3. The molecule has 2 atom stereocenters. The number of carbonyl (C=O) groups excluding carboxylic acids is 2. The number of rotatable bonds is 7. The Balaban J connectivity index is 1.73. The first-order valence-corrected chi connectivity index (χ1v) is 11.2. The molecule has 0 radical (unpaired) electrons. The van der Waals surface area contributed by atoms with Crippen molar-refractivity contribution in [3.63, 3.8) is 0 Å². The number of fused-ring (bicyclic) bond motifs is 1. The van der Waals surface area contributed by atoms with E-state index in [9.17, 15) is 14.0 Å². The van der Waals surface area contributed by atoms with Crippen molar-refractivity contribution in [2.75, 3.05) is 13.1 Å². The molecule has 33 heavy (non-hydrogen) atoms. The number of furan rings is 1. The van der Waals surface area contributed by atoms with Crippen molar-refractivity contribution >= 4 is 11.8 Å². The van der Waals surface area contributed by atoms with Gasteiger partial charge in [-0.05, 0) is 72.9 Å². The first kappa shape index (κ1) is 22.6. The molecule has 4 rings (SSSR count). The van der Waals surface area contributed by atoms with Gasteiger partial charge >= 0.3 is 0 Å². The zero-order valence-corrected chi connectivity index (χ0v) is 18.7. The highest BCUT2D eigenvalue weighted by Gasteiger charge is 2.34. The lowest BCUT2D eigenvalue weighted by Gasteiger charge is -2.37. The van der Waals surface area contributed by atoms with Gasteiger partial charge in [0, 0.05) is 13.1 Å². The summed E-state index contributed by atoms with van der Waals surface area (Å²) >= 11 is 0. The Morgan fingerprint density at radius 3 is 2.64 bits per heavy atom. The second-order valence-corrected chi connectivity index (χ2v) is 7.95. The van der Waals surface area contributed by atoms with E-state index >= 15 is 0 Å². The van der Waals surface area contributed by atoms with Crippen LogP contribution in [0.4, 0.5) is 4.39 Å². The van der Waals surface area contributed by atoms with Gasteiger partial charge in [0.2, 0.25) is 0 Å². The molecule has 2 heterocycles. The lowest BCUT2D eigenvalue weighted by molar-refractivity contribution is -0.128. The van der Waals surface area contributed by atoms with Gasteiger partial charge in [0.25, 0.3) is 11.8 Å². The number of ether oxygens (including phenoxy) is 1. The summed E-state index contributed by atoms with van der Waals surface area (Å²) < 4.78 is 25.0. The fourth-order valence-corrected chi connectivity index (χ4v) is 4.21. The number of halogens is 1. The van der Waals surface area contributed by atoms with Gasteiger partial charge in [-0.25, -0.2) is 4.39 Å². The number of nitrogens with zero attached hydrogens (tertiary/aromatic N) is 1. The maximum absolute atomic E-state index is 13.7. The van der Waals surface area contributed by atoms with Gasteiger partial charge in [-0.15, -0.1) is 0 Å². The normalized spacial score (nSPS) is 16.1. The SMILES string of the molecule is CCNC(=O)[C@H](CC)Oc1ccc2c(c1)[C@@H](c1ccc(F)cc1)N(C(=O)c1ccco1)CC2.